The summed E-state index contributed by atoms with van der Waals surface area (Å²) < 4.78 is 10.9. The Balaban J connectivity index is 1.53. The lowest BCUT2D eigenvalue weighted by Crippen LogP contribution is -2.38. The Hall–Kier alpha value is -2.31. The number of carbonyl (C=O) groups is 1. The van der Waals surface area contributed by atoms with Gasteiger partial charge in [0.25, 0.3) is 5.91 Å². The number of morpholine rings is 1. The third kappa shape index (κ3) is 4.86. The lowest BCUT2D eigenvalue weighted by molar-refractivity contribution is -0.123. The molecule has 26 heavy (non-hydrogen) atoms. The Morgan fingerprint density at radius 3 is 2.92 bits per heavy atom. The summed E-state index contributed by atoms with van der Waals surface area (Å²) in [5, 5.41) is 3.56. The zero-order chi connectivity index (χ0) is 18.4. The van der Waals surface area contributed by atoms with Gasteiger partial charge in [0.2, 0.25) is 0 Å². The maximum Gasteiger partial charge on any atom is 0.258 e. The average Bonchev–Trinajstić information content (AvgIpc) is 2.68. The minimum Gasteiger partial charge on any atom is -0.484 e. The first kappa shape index (κ1) is 18.5. The number of ether oxygens (including phenoxy) is 2. The van der Waals surface area contributed by atoms with Crippen LogP contribution in [-0.2, 0) is 16.1 Å². The van der Waals surface area contributed by atoms with E-state index in [0.29, 0.717) is 30.5 Å². The third-order valence-electron chi connectivity index (χ3n) is 4.15. The summed E-state index contributed by atoms with van der Waals surface area (Å²) in [6, 6.07) is 9.17. The summed E-state index contributed by atoms with van der Waals surface area (Å²) >= 11 is 5.99. The van der Waals surface area contributed by atoms with Gasteiger partial charge in [-0.15, -0.1) is 0 Å². The highest BCUT2D eigenvalue weighted by Gasteiger charge is 2.16. The summed E-state index contributed by atoms with van der Waals surface area (Å²) in [5.74, 6) is 1.33. The molecule has 2 heterocycles. The van der Waals surface area contributed by atoms with Crippen LogP contribution in [0.1, 0.15) is 11.1 Å². The monoisotopic (exact) mass is 375 g/mol. The van der Waals surface area contributed by atoms with E-state index >= 15 is 0 Å². The minimum absolute atomic E-state index is 0.0474. The molecule has 2 aromatic rings. The van der Waals surface area contributed by atoms with Crippen molar-refractivity contribution < 1.29 is 14.3 Å². The van der Waals surface area contributed by atoms with Crippen LogP contribution in [0.3, 0.4) is 0 Å². The van der Waals surface area contributed by atoms with Crippen LogP contribution in [0.25, 0.3) is 0 Å². The van der Waals surface area contributed by atoms with Gasteiger partial charge in [0.05, 0.1) is 13.2 Å². The molecule has 1 aliphatic heterocycles. The van der Waals surface area contributed by atoms with Crippen LogP contribution >= 0.6 is 11.6 Å². The van der Waals surface area contributed by atoms with Gasteiger partial charge in [-0.2, -0.15) is 0 Å². The standard InChI is InChI=1S/C19H22ClN3O3/c1-14-11-16(4-5-17(14)20)26-13-18(24)22-12-15-3-2-6-21-19(15)23-7-9-25-10-8-23/h2-6,11H,7-10,12-13H2,1H3,(H,22,24). The lowest BCUT2D eigenvalue weighted by atomic mass is 10.2. The molecule has 0 aliphatic carbocycles. The molecule has 1 saturated heterocycles. The summed E-state index contributed by atoms with van der Waals surface area (Å²) in [7, 11) is 0. The lowest BCUT2D eigenvalue weighted by Gasteiger charge is -2.29. The Bertz CT molecular complexity index is 763. The van der Waals surface area contributed by atoms with Crippen LogP contribution in [-0.4, -0.2) is 43.8 Å². The van der Waals surface area contributed by atoms with Gasteiger partial charge < -0.3 is 19.7 Å². The first-order valence-electron chi connectivity index (χ1n) is 8.56. The Kier molecular flexibility index (Phi) is 6.30. The Morgan fingerprint density at radius 2 is 2.15 bits per heavy atom. The molecule has 0 radical (unpaired) electrons. The van der Waals surface area contributed by atoms with Gasteiger partial charge in [0, 0.05) is 36.4 Å². The van der Waals surface area contributed by atoms with Gasteiger partial charge in [-0.1, -0.05) is 17.7 Å². The molecule has 138 valence electrons. The van der Waals surface area contributed by atoms with E-state index in [0.717, 1.165) is 30.0 Å². The SMILES string of the molecule is Cc1cc(OCC(=O)NCc2cccnc2N2CCOCC2)ccc1Cl. The number of anilines is 1. The molecule has 0 bridgehead atoms. The van der Waals surface area contributed by atoms with Gasteiger partial charge in [0.1, 0.15) is 11.6 Å². The molecule has 1 aliphatic rings. The predicted octanol–water partition coefficient (Wildman–Crippen LogP) is 2.58. The molecule has 0 unspecified atom stereocenters. The number of rotatable bonds is 6. The van der Waals surface area contributed by atoms with E-state index in [1.165, 1.54) is 0 Å². The van der Waals surface area contributed by atoms with E-state index in [1.807, 2.05) is 25.1 Å². The van der Waals surface area contributed by atoms with Gasteiger partial charge in [-0.25, -0.2) is 4.98 Å². The zero-order valence-electron chi connectivity index (χ0n) is 14.7. The maximum atomic E-state index is 12.1. The molecule has 0 saturated carbocycles. The van der Waals surface area contributed by atoms with Crippen molar-refractivity contribution in [2.45, 2.75) is 13.5 Å². The number of nitrogens with zero attached hydrogens (tertiary/aromatic N) is 2. The number of hydrogen-bond donors (Lipinski definition) is 1. The van der Waals surface area contributed by atoms with Crippen molar-refractivity contribution in [3.63, 3.8) is 0 Å². The van der Waals surface area contributed by atoms with Crippen molar-refractivity contribution in [1.29, 1.82) is 0 Å². The number of hydrogen-bond acceptors (Lipinski definition) is 5. The van der Waals surface area contributed by atoms with Crippen LogP contribution in [0.4, 0.5) is 5.82 Å². The van der Waals surface area contributed by atoms with Crippen LogP contribution in [0.5, 0.6) is 5.75 Å². The number of halogens is 1. The first-order chi connectivity index (χ1) is 12.6. The topological polar surface area (TPSA) is 63.7 Å². The maximum absolute atomic E-state index is 12.1. The first-order valence-corrected chi connectivity index (χ1v) is 8.93. The molecule has 1 aromatic heterocycles. The molecule has 1 amide bonds. The van der Waals surface area contributed by atoms with Crippen molar-refractivity contribution in [3.8, 4) is 5.75 Å². The van der Waals surface area contributed by atoms with E-state index < -0.39 is 0 Å². The Labute approximate surface area is 158 Å². The van der Waals surface area contributed by atoms with Crippen molar-refractivity contribution in [1.82, 2.24) is 10.3 Å². The summed E-state index contributed by atoms with van der Waals surface area (Å²) in [5.41, 5.74) is 1.89. The quantitative estimate of drug-likeness (QED) is 0.840. The second kappa shape index (κ2) is 8.87. The number of nitrogens with one attached hydrogen (secondary N) is 1. The molecule has 7 heteroatoms. The zero-order valence-corrected chi connectivity index (χ0v) is 15.5. The number of aryl methyl sites for hydroxylation is 1. The third-order valence-corrected chi connectivity index (χ3v) is 4.58. The molecule has 1 aromatic carbocycles. The van der Waals surface area contributed by atoms with E-state index in [-0.39, 0.29) is 12.5 Å². The van der Waals surface area contributed by atoms with Crippen LogP contribution < -0.4 is 15.0 Å². The molecule has 1 fully saturated rings. The van der Waals surface area contributed by atoms with Crippen LogP contribution in [0.15, 0.2) is 36.5 Å². The fraction of sp³-hybridized carbons (Fsp3) is 0.368. The highest BCUT2D eigenvalue weighted by atomic mass is 35.5. The van der Waals surface area contributed by atoms with Gasteiger partial charge in [-0.05, 0) is 36.8 Å². The average molecular weight is 376 g/mol. The smallest absolute Gasteiger partial charge is 0.258 e. The largest absolute Gasteiger partial charge is 0.484 e. The normalized spacial score (nSPS) is 14.2. The van der Waals surface area contributed by atoms with Gasteiger partial charge >= 0.3 is 0 Å². The summed E-state index contributed by atoms with van der Waals surface area (Å²) in [6.45, 7) is 5.24. The van der Waals surface area contributed by atoms with Crippen molar-refractivity contribution >= 4 is 23.3 Å². The number of amides is 1. The number of carbonyl (C=O) groups excluding carboxylic acids is 1. The number of pyridine rings is 1. The van der Waals surface area contributed by atoms with Crippen LogP contribution in [0.2, 0.25) is 5.02 Å². The fourth-order valence-corrected chi connectivity index (χ4v) is 2.85. The van der Waals surface area contributed by atoms with E-state index in [2.05, 4.69) is 15.2 Å². The van der Waals surface area contributed by atoms with Gasteiger partial charge in [0.15, 0.2) is 6.61 Å². The van der Waals surface area contributed by atoms with Gasteiger partial charge in [-0.3, -0.25) is 4.79 Å². The molecule has 6 nitrogen and oxygen atoms in total. The predicted molar refractivity (Wildman–Crippen MR) is 101 cm³/mol. The molecular formula is C19H22ClN3O3. The fourth-order valence-electron chi connectivity index (χ4n) is 2.73. The second-order valence-electron chi connectivity index (χ2n) is 6.06. The van der Waals surface area contributed by atoms with Crippen molar-refractivity contribution in [2.75, 3.05) is 37.8 Å². The number of benzene rings is 1. The highest BCUT2D eigenvalue weighted by molar-refractivity contribution is 6.31. The molecule has 1 N–H and O–H groups in total. The van der Waals surface area contributed by atoms with Crippen molar-refractivity contribution in [3.05, 3.63) is 52.7 Å². The molecular weight excluding hydrogens is 354 g/mol. The minimum atomic E-state index is -0.186. The number of aromatic nitrogens is 1. The Morgan fingerprint density at radius 1 is 1.35 bits per heavy atom. The highest BCUT2D eigenvalue weighted by Crippen LogP contribution is 2.21. The van der Waals surface area contributed by atoms with Crippen molar-refractivity contribution in [2.24, 2.45) is 0 Å². The molecule has 0 spiro atoms. The molecule has 3 rings (SSSR count). The van der Waals surface area contributed by atoms with E-state index in [1.54, 1.807) is 18.3 Å². The second-order valence-corrected chi connectivity index (χ2v) is 6.47. The van der Waals surface area contributed by atoms with Crippen LogP contribution in [0, 0.1) is 6.92 Å². The van der Waals surface area contributed by atoms with E-state index in [9.17, 15) is 4.79 Å². The molecule has 0 atom stereocenters. The summed E-state index contributed by atoms with van der Waals surface area (Å²) in [4.78, 5) is 18.8. The van der Waals surface area contributed by atoms with E-state index in [4.69, 9.17) is 21.1 Å². The summed E-state index contributed by atoms with van der Waals surface area (Å²) in [6.07, 6.45) is 1.77.